The zero-order valence-electron chi connectivity index (χ0n) is 10.3. The van der Waals surface area contributed by atoms with E-state index >= 15 is 0 Å². The number of fused-ring (bicyclic) bond motifs is 3. The van der Waals surface area contributed by atoms with Crippen molar-refractivity contribution in [2.45, 2.75) is 19.9 Å². The molecule has 3 rings (SSSR count). The third kappa shape index (κ3) is 1.49. The molecule has 0 amide bonds. The molecule has 0 aromatic carbocycles. The van der Waals surface area contributed by atoms with Gasteiger partial charge in [-0.1, -0.05) is 0 Å². The molecule has 90 valence electrons. The minimum absolute atomic E-state index is 0.00820. The van der Waals surface area contributed by atoms with Crippen LogP contribution in [0.15, 0.2) is 41.5 Å². The second-order valence-electron chi connectivity index (χ2n) is 4.57. The van der Waals surface area contributed by atoms with Crippen LogP contribution in [0, 0.1) is 0 Å². The van der Waals surface area contributed by atoms with E-state index in [-0.39, 0.29) is 11.6 Å². The normalized spacial score (nSPS) is 11.5. The number of hydrogen-bond acceptors (Lipinski definition) is 3. The van der Waals surface area contributed by atoms with Crippen LogP contribution in [-0.2, 0) is 0 Å². The van der Waals surface area contributed by atoms with E-state index in [4.69, 9.17) is 0 Å². The van der Waals surface area contributed by atoms with Crippen molar-refractivity contribution in [3.05, 3.63) is 47.0 Å². The second kappa shape index (κ2) is 3.91. The second-order valence-corrected chi connectivity index (χ2v) is 4.57. The Hall–Kier alpha value is -2.23. The largest absolute Gasteiger partial charge is 0.305 e. The summed E-state index contributed by atoms with van der Waals surface area (Å²) in [6.07, 6.45) is 3.48. The number of pyridine rings is 3. The summed E-state index contributed by atoms with van der Waals surface area (Å²) in [7, 11) is 0. The van der Waals surface area contributed by atoms with Gasteiger partial charge in [0.05, 0.1) is 5.52 Å². The van der Waals surface area contributed by atoms with Crippen molar-refractivity contribution in [3.8, 4) is 0 Å². The lowest BCUT2D eigenvalue weighted by Crippen LogP contribution is -2.21. The standard InChI is InChI=1S/C14H13N3O/c1-9(2)17-12(18)6-5-10-8-16-14-11(13(10)17)4-3-7-15-14/h3-9H,1-2H3. The highest BCUT2D eigenvalue weighted by molar-refractivity contribution is 6.01. The van der Waals surface area contributed by atoms with E-state index in [1.54, 1.807) is 23.0 Å². The van der Waals surface area contributed by atoms with Gasteiger partial charge in [-0.05, 0) is 32.0 Å². The third-order valence-corrected chi connectivity index (χ3v) is 3.04. The lowest BCUT2D eigenvalue weighted by molar-refractivity contribution is 0.602. The first kappa shape index (κ1) is 10.9. The van der Waals surface area contributed by atoms with Gasteiger partial charge in [0, 0.05) is 35.3 Å². The summed E-state index contributed by atoms with van der Waals surface area (Å²) < 4.78 is 1.79. The van der Waals surface area contributed by atoms with Gasteiger partial charge in [-0.15, -0.1) is 0 Å². The van der Waals surface area contributed by atoms with Gasteiger partial charge in [-0.2, -0.15) is 0 Å². The summed E-state index contributed by atoms with van der Waals surface area (Å²) in [5.41, 5.74) is 1.59. The summed E-state index contributed by atoms with van der Waals surface area (Å²) in [5.74, 6) is 0. The lowest BCUT2D eigenvalue weighted by atomic mass is 10.1. The van der Waals surface area contributed by atoms with Gasteiger partial charge in [0.1, 0.15) is 0 Å². The summed E-state index contributed by atoms with van der Waals surface area (Å²) in [5, 5.41) is 1.88. The number of hydrogen-bond donors (Lipinski definition) is 0. The highest BCUT2D eigenvalue weighted by Crippen LogP contribution is 2.22. The number of nitrogens with zero attached hydrogens (tertiary/aromatic N) is 3. The molecule has 18 heavy (non-hydrogen) atoms. The fourth-order valence-corrected chi connectivity index (χ4v) is 2.29. The molecule has 3 aromatic heterocycles. The van der Waals surface area contributed by atoms with Crippen LogP contribution in [0.25, 0.3) is 21.9 Å². The summed E-state index contributed by atoms with van der Waals surface area (Å²) >= 11 is 0. The molecule has 3 heterocycles. The molecule has 4 nitrogen and oxygen atoms in total. The van der Waals surface area contributed by atoms with Crippen molar-refractivity contribution >= 4 is 21.9 Å². The summed E-state index contributed by atoms with van der Waals surface area (Å²) in [6.45, 7) is 4.01. The Morgan fingerprint density at radius 3 is 2.78 bits per heavy atom. The summed E-state index contributed by atoms with van der Waals surface area (Å²) in [4.78, 5) is 20.6. The van der Waals surface area contributed by atoms with Gasteiger partial charge in [-0.3, -0.25) is 4.79 Å². The third-order valence-electron chi connectivity index (χ3n) is 3.04. The lowest BCUT2D eigenvalue weighted by Gasteiger charge is -2.14. The molecule has 0 unspecified atom stereocenters. The van der Waals surface area contributed by atoms with E-state index < -0.39 is 0 Å². The predicted octanol–water partition coefficient (Wildman–Crippen LogP) is 2.53. The zero-order valence-corrected chi connectivity index (χ0v) is 10.3. The summed E-state index contributed by atoms with van der Waals surface area (Å²) in [6, 6.07) is 7.33. The minimum Gasteiger partial charge on any atom is -0.305 e. The van der Waals surface area contributed by atoms with Crippen LogP contribution in [0.5, 0.6) is 0 Å². The Balaban J connectivity index is 2.62. The molecule has 4 heteroatoms. The molecule has 0 saturated heterocycles. The maximum absolute atomic E-state index is 12.0. The molecule has 0 bridgehead atoms. The Morgan fingerprint density at radius 2 is 2.00 bits per heavy atom. The van der Waals surface area contributed by atoms with E-state index in [1.807, 2.05) is 32.0 Å². The molecule has 0 spiro atoms. The Morgan fingerprint density at radius 1 is 1.17 bits per heavy atom. The van der Waals surface area contributed by atoms with Gasteiger partial charge >= 0.3 is 0 Å². The molecule has 3 aromatic rings. The van der Waals surface area contributed by atoms with Crippen LogP contribution in [-0.4, -0.2) is 14.5 Å². The molecular formula is C14H13N3O. The van der Waals surface area contributed by atoms with Gasteiger partial charge in [0.25, 0.3) is 5.56 Å². The highest BCUT2D eigenvalue weighted by Gasteiger charge is 2.10. The topological polar surface area (TPSA) is 47.8 Å². The maximum Gasteiger partial charge on any atom is 0.251 e. The van der Waals surface area contributed by atoms with Crippen LogP contribution in [0.2, 0.25) is 0 Å². The van der Waals surface area contributed by atoms with Crippen molar-refractivity contribution in [3.63, 3.8) is 0 Å². The molecule has 0 fully saturated rings. The van der Waals surface area contributed by atoms with E-state index in [0.29, 0.717) is 5.65 Å². The highest BCUT2D eigenvalue weighted by atomic mass is 16.1. The van der Waals surface area contributed by atoms with Crippen LogP contribution in [0.1, 0.15) is 19.9 Å². The molecule has 0 saturated carbocycles. The van der Waals surface area contributed by atoms with Crippen LogP contribution in [0.3, 0.4) is 0 Å². The maximum atomic E-state index is 12.0. The molecular weight excluding hydrogens is 226 g/mol. The van der Waals surface area contributed by atoms with Gasteiger partial charge in [0.15, 0.2) is 5.65 Å². The zero-order chi connectivity index (χ0) is 12.7. The van der Waals surface area contributed by atoms with Gasteiger partial charge < -0.3 is 4.57 Å². The average molecular weight is 239 g/mol. The van der Waals surface area contributed by atoms with Crippen LogP contribution >= 0.6 is 0 Å². The first-order valence-corrected chi connectivity index (χ1v) is 5.93. The van der Waals surface area contributed by atoms with E-state index in [1.165, 1.54) is 0 Å². The average Bonchev–Trinajstić information content (AvgIpc) is 2.38. The molecule has 0 radical (unpaired) electrons. The number of rotatable bonds is 1. The monoisotopic (exact) mass is 239 g/mol. The molecule has 0 aliphatic carbocycles. The number of aromatic nitrogens is 3. The first-order valence-electron chi connectivity index (χ1n) is 5.93. The quantitative estimate of drug-likeness (QED) is 0.613. The SMILES string of the molecule is CC(C)n1c(=O)ccc2cnc3ncccc3c21. The predicted molar refractivity (Wildman–Crippen MR) is 71.7 cm³/mol. The van der Waals surface area contributed by atoms with Crippen molar-refractivity contribution in [2.24, 2.45) is 0 Å². The van der Waals surface area contributed by atoms with E-state index in [2.05, 4.69) is 9.97 Å². The fourth-order valence-electron chi connectivity index (χ4n) is 2.29. The first-order chi connectivity index (χ1) is 8.68. The van der Waals surface area contributed by atoms with Crippen molar-refractivity contribution in [2.75, 3.05) is 0 Å². The Labute approximate surface area is 104 Å². The molecule has 0 aliphatic heterocycles. The Kier molecular flexibility index (Phi) is 2.37. The fraction of sp³-hybridized carbons (Fsp3) is 0.214. The van der Waals surface area contributed by atoms with E-state index in [9.17, 15) is 4.79 Å². The Bertz CT molecular complexity index is 790. The molecule has 0 N–H and O–H groups in total. The van der Waals surface area contributed by atoms with Crippen molar-refractivity contribution < 1.29 is 0 Å². The van der Waals surface area contributed by atoms with Gasteiger partial charge in [0.2, 0.25) is 0 Å². The van der Waals surface area contributed by atoms with Crippen LogP contribution in [0.4, 0.5) is 0 Å². The van der Waals surface area contributed by atoms with Crippen molar-refractivity contribution in [1.82, 2.24) is 14.5 Å². The van der Waals surface area contributed by atoms with Crippen LogP contribution < -0.4 is 5.56 Å². The van der Waals surface area contributed by atoms with Crippen molar-refractivity contribution in [1.29, 1.82) is 0 Å². The molecule has 0 aliphatic rings. The molecule has 0 atom stereocenters. The van der Waals surface area contributed by atoms with Gasteiger partial charge in [-0.25, -0.2) is 9.97 Å². The van der Waals surface area contributed by atoms with E-state index in [0.717, 1.165) is 16.3 Å². The minimum atomic E-state index is 0.00820. The smallest absolute Gasteiger partial charge is 0.251 e.